The molecule has 4 nitrogen and oxygen atoms in total. The van der Waals surface area contributed by atoms with E-state index in [-0.39, 0.29) is 17.4 Å². The molecule has 1 N–H and O–H groups in total. The number of aliphatic hydroxyl groups is 1. The fourth-order valence-corrected chi connectivity index (χ4v) is 3.44. The third-order valence-electron chi connectivity index (χ3n) is 4.46. The van der Waals surface area contributed by atoms with Crippen molar-refractivity contribution >= 4 is 23.2 Å². The molecule has 0 unspecified atom stereocenters. The Morgan fingerprint density at radius 3 is 2.79 bits per heavy atom. The van der Waals surface area contributed by atoms with Crippen molar-refractivity contribution < 1.29 is 9.90 Å². The molecule has 1 amide bonds. The molecule has 102 valence electrons. The predicted octanol–water partition coefficient (Wildman–Crippen LogP) is 2.39. The Balaban J connectivity index is 1.85. The zero-order chi connectivity index (χ0) is 13.5. The number of amides is 1. The Kier molecular flexibility index (Phi) is 3.23. The molecule has 0 bridgehead atoms. The van der Waals surface area contributed by atoms with E-state index < -0.39 is 0 Å². The molecule has 5 heteroatoms. The van der Waals surface area contributed by atoms with Gasteiger partial charge in [-0.2, -0.15) is 0 Å². The van der Waals surface area contributed by atoms with Crippen molar-refractivity contribution in [2.75, 3.05) is 11.4 Å². The largest absolute Gasteiger partial charge is 0.393 e. The number of hydrogen-bond acceptors (Lipinski definition) is 3. The van der Waals surface area contributed by atoms with Crippen LogP contribution >= 0.6 is 11.6 Å². The highest BCUT2D eigenvalue weighted by atomic mass is 35.5. The van der Waals surface area contributed by atoms with Gasteiger partial charge in [-0.1, -0.05) is 11.6 Å². The minimum Gasteiger partial charge on any atom is -0.393 e. The van der Waals surface area contributed by atoms with Gasteiger partial charge in [-0.05, 0) is 38.2 Å². The number of hydrogen-bond donors (Lipinski definition) is 1. The molecule has 1 saturated heterocycles. The molecule has 1 saturated carbocycles. The quantitative estimate of drug-likeness (QED) is 0.859. The molecule has 2 heterocycles. The SMILES string of the molecule is O=C1N(c2cnccc2Cl)CCC12CCC(O)CC2. The molecule has 2 aliphatic rings. The molecule has 0 atom stereocenters. The van der Waals surface area contributed by atoms with E-state index in [2.05, 4.69) is 4.98 Å². The van der Waals surface area contributed by atoms with E-state index >= 15 is 0 Å². The molecule has 1 aliphatic heterocycles. The van der Waals surface area contributed by atoms with E-state index in [1.54, 1.807) is 23.4 Å². The molecule has 3 rings (SSSR count). The third-order valence-corrected chi connectivity index (χ3v) is 4.78. The maximum atomic E-state index is 12.7. The Morgan fingerprint density at radius 2 is 2.11 bits per heavy atom. The number of halogens is 1. The summed E-state index contributed by atoms with van der Waals surface area (Å²) in [6.45, 7) is 0.695. The molecule has 1 aromatic heterocycles. The summed E-state index contributed by atoms with van der Waals surface area (Å²) >= 11 is 6.15. The smallest absolute Gasteiger partial charge is 0.233 e. The van der Waals surface area contributed by atoms with Crippen LogP contribution < -0.4 is 4.90 Å². The summed E-state index contributed by atoms with van der Waals surface area (Å²) in [5.41, 5.74) is 0.426. The number of nitrogens with zero attached hydrogens (tertiary/aromatic N) is 2. The average Bonchev–Trinajstić information content (AvgIpc) is 2.72. The van der Waals surface area contributed by atoms with Crippen LogP contribution in [0.25, 0.3) is 0 Å². The molecule has 1 aromatic rings. The van der Waals surface area contributed by atoms with Crippen molar-refractivity contribution in [3.05, 3.63) is 23.5 Å². The van der Waals surface area contributed by atoms with Gasteiger partial charge >= 0.3 is 0 Å². The van der Waals surface area contributed by atoms with Gasteiger partial charge in [0.25, 0.3) is 0 Å². The van der Waals surface area contributed by atoms with Crippen molar-refractivity contribution in [3.8, 4) is 0 Å². The fraction of sp³-hybridized carbons (Fsp3) is 0.571. The summed E-state index contributed by atoms with van der Waals surface area (Å²) in [5.74, 6) is 0.148. The van der Waals surface area contributed by atoms with Crippen molar-refractivity contribution in [1.82, 2.24) is 4.98 Å². The van der Waals surface area contributed by atoms with Gasteiger partial charge in [0.1, 0.15) is 0 Å². The van der Waals surface area contributed by atoms with E-state index in [9.17, 15) is 9.90 Å². The number of anilines is 1. The number of pyridine rings is 1. The zero-order valence-electron chi connectivity index (χ0n) is 10.7. The zero-order valence-corrected chi connectivity index (χ0v) is 11.4. The molecular formula is C14H17ClN2O2. The number of carbonyl (C=O) groups excluding carboxylic acids is 1. The summed E-state index contributed by atoms with van der Waals surface area (Å²) in [7, 11) is 0. The van der Waals surface area contributed by atoms with Crippen LogP contribution in [-0.4, -0.2) is 28.6 Å². The van der Waals surface area contributed by atoms with Crippen LogP contribution in [0.3, 0.4) is 0 Å². The van der Waals surface area contributed by atoms with Crippen LogP contribution in [0.4, 0.5) is 5.69 Å². The van der Waals surface area contributed by atoms with Crippen LogP contribution in [0, 0.1) is 5.41 Å². The molecule has 0 aromatic carbocycles. The number of rotatable bonds is 1. The van der Waals surface area contributed by atoms with Gasteiger partial charge in [0.2, 0.25) is 5.91 Å². The lowest BCUT2D eigenvalue weighted by Gasteiger charge is -2.33. The van der Waals surface area contributed by atoms with Crippen LogP contribution in [0.15, 0.2) is 18.5 Å². The van der Waals surface area contributed by atoms with Crippen LogP contribution in [0.2, 0.25) is 5.02 Å². The van der Waals surface area contributed by atoms with Crippen LogP contribution in [0.1, 0.15) is 32.1 Å². The van der Waals surface area contributed by atoms with Crippen molar-refractivity contribution in [2.45, 2.75) is 38.2 Å². The molecule has 0 radical (unpaired) electrons. The average molecular weight is 281 g/mol. The van der Waals surface area contributed by atoms with E-state index in [0.717, 1.165) is 32.1 Å². The van der Waals surface area contributed by atoms with Gasteiger partial charge in [0, 0.05) is 12.7 Å². The minimum absolute atomic E-state index is 0.148. The van der Waals surface area contributed by atoms with Crippen molar-refractivity contribution in [2.24, 2.45) is 5.41 Å². The lowest BCUT2D eigenvalue weighted by Crippen LogP contribution is -2.38. The molecule has 19 heavy (non-hydrogen) atoms. The first kappa shape index (κ1) is 12.9. The van der Waals surface area contributed by atoms with Crippen molar-refractivity contribution in [3.63, 3.8) is 0 Å². The first-order valence-electron chi connectivity index (χ1n) is 6.72. The first-order chi connectivity index (χ1) is 9.12. The number of aromatic nitrogens is 1. The Labute approximate surface area is 117 Å². The van der Waals surface area contributed by atoms with E-state index in [0.29, 0.717) is 17.3 Å². The minimum atomic E-state index is -0.279. The summed E-state index contributed by atoms with van der Waals surface area (Å²) in [6, 6.07) is 1.71. The second kappa shape index (κ2) is 4.76. The molecule has 2 fully saturated rings. The lowest BCUT2D eigenvalue weighted by atomic mass is 9.72. The fourth-order valence-electron chi connectivity index (χ4n) is 3.24. The Morgan fingerprint density at radius 1 is 1.37 bits per heavy atom. The van der Waals surface area contributed by atoms with Gasteiger partial charge in [-0.15, -0.1) is 0 Å². The van der Waals surface area contributed by atoms with E-state index in [1.165, 1.54) is 0 Å². The third kappa shape index (κ3) is 2.13. The number of carbonyl (C=O) groups is 1. The monoisotopic (exact) mass is 280 g/mol. The van der Waals surface area contributed by atoms with Gasteiger partial charge < -0.3 is 10.0 Å². The predicted molar refractivity (Wildman–Crippen MR) is 73.1 cm³/mol. The summed E-state index contributed by atoms with van der Waals surface area (Å²) in [6.07, 6.45) is 6.89. The topological polar surface area (TPSA) is 53.4 Å². The Bertz CT molecular complexity index is 498. The van der Waals surface area contributed by atoms with Gasteiger partial charge in [0.15, 0.2) is 0 Å². The highest BCUT2D eigenvalue weighted by Crippen LogP contribution is 2.46. The summed E-state index contributed by atoms with van der Waals surface area (Å²) in [5, 5.41) is 10.2. The molecule has 1 spiro atoms. The Hall–Kier alpha value is -1.13. The summed E-state index contributed by atoms with van der Waals surface area (Å²) in [4.78, 5) is 18.5. The van der Waals surface area contributed by atoms with Crippen molar-refractivity contribution in [1.29, 1.82) is 0 Å². The van der Waals surface area contributed by atoms with Crippen LogP contribution in [-0.2, 0) is 4.79 Å². The molecular weight excluding hydrogens is 264 g/mol. The maximum absolute atomic E-state index is 12.7. The van der Waals surface area contributed by atoms with E-state index in [1.807, 2.05) is 0 Å². The lowest BCUT2D eigenvalue weighted by molar-refractivity contribution is -0.128. The van der Waals surface area contributed by atoms with E-state index in [4.69, 9.17) is 11.6 Å². The second-order valence-corrected chi connectivity index (χ2v) is 5.95. The highest BCUT2D eigenvalue weighted by molar-refractivity contribution is 6.33. The van der Waals surface area contributed by atoms with Gasteiger partial charge in [-0.3, -0.25) is 9.78 Å². The van der Waals surface area contributed by atoms with Gasteiger partial charge in [-0.25, -0.2) is 0 Å². The summed E-state index contributed by atoms with van der Waals surface area (Å²) < 4.78 is 0. The number of aliphatic hydroxyl groups excluding tert-OH is 1. The molecule has 1 aliphatic carbocycles. The van der Waals surface area contributed by atoms with Crippen LogP contribution in [0.5, 0.6) is 0 Å². The maximum Gasteiger partial charge on any atom is 0.233 e. The highest BCUT2D eigenvalue weighted by Gasteiger charge is 2.48. The van der Waals surface area contributed by atoms with Gasteiger partial charge in [0.05, 0.1) is 28.4 Å². The standard InChI is InChI=1S/C14H17ClN2O2/c15-11-3-7-16-9-12(11)17-8-6-14(13(17)19)4-1-10(18)2-5-14/h3,7,9-10,18H,1-2,4-6,8H2. The second-order valence-electron chi connectivity index (χ2n) is 5.55. The first-order valence-corrected chi connectivity index (χ1v) is 7.10. The normalized spacial score (nSPS) is 31.2.